The quantitative estimate of drug-likeness (QED) is 0.0290. The fraction of sp³-hybridized carbons (Fsp3) is 0.629. The van der Waals surface area contributed by atoms with Gasteiger partial charge in [-0.1, -0.05) is 62.4 Å². The highest BCUT2D eigenvalue weighted by Crippen LogP contribution is 2.64. The van der Waals surface area contributed by atoms with E-state index in [4.69, 9.17) is 42.6 Å². The van der Waals surface area contributed by atoms with Gasteiger partial charge in [-0.15, -0.1) is 11.8 Å². The van der Waals surface area contributed by atoms with Gasteiger partial charge in [0.05, 0.1) is 80.2 Å². The molecule has 87 heavy (non-hydrogen) atoms. The van der Waals surface area contributed by atoms with Crippen LogP contribution >= 0.6 is 11.8 Å². The van der Waals surface area contributed by atoms with Gasteiger partial charge in [0.1, 0.15) is 41.7 Å². The van der Waals surface area contributed by atoms with Crippen molar-refractivity contribution in [3.05, 3.63) is 82.9 Å². The number of thioether (sulfide) groups is 1. The number of carbonyl (C=O) groups excluding carboxylic acids is 9. The van der Waals surface area contributed by atoms with Crippen LogP contribution in [0.1, 0.15) is 123 Å². The van der Waals surface area contributed by atoms with Crippen molar-refractivity contribution in [1.82, 2.24) is 16.0 Å². The average molecular weight is 1240 g/mol. The van der Waals surface area contributed by atoms with Gasteiger partial charge in [-0.25, -0.2) is 14.4 Å². The van der Waals surface area contributed by atoms with Crippen molar-refractivity contribution in [3.8, 4) is 0 Å². The topological polar surface area (TPSA) is 333 Å². The summed E-state index contributed by atoms with van der Waals surface area (Å²) >= 11 is 0.795. The Kier molecular flexibility index (Phi) is 24.3. The lowest BCUT2D eigenvalue weighted by Crippen LogP contribution is -2.81. The summed E-state index contributed by atoms with van der Waals surface area (Å²) in [5.74, 6) is -8.80. The summed E-state index contributed by atoms with van der Waals surface area (Å²) < 4.78 is 51.9. The van der Waals surface area contributed by atoms with Crippen LogP contribution in [0.15, 0.2) is 71.8 Å². The van der Waals surface area contributed by atoms with Crippen molar-refractivity contribution in [2.75, 3.05) is 64.8 Å². The Labute approximate surface area is 511 Å². The minimum Gasteiger partial charge on any atom is -0.455 e. The van der Waals surface area contributed by atoms with Crippen LogP contribution < -0.4 is 16.0 Å². The molecule has 2 bridgehead atoms. The molecule has 6 N–H and O–H groups in total. The number of carbonyl (C=O) groups is 9. The molecule has 1 aliphatic heterocycles. The van der Waals surface area contributed by atoms with Gasteiger partial charge >= 0.3 is 30.0 Å². The summed E-state index contributed by atoms with van der Waals surface area (Å²) in [6.45, 7) is 14.9. The van der Waals surface area contributed by atoms with E-state index in [1.165, 1.54) is 58.9 Å². The van der Waals surface area contributed by atoms with E-state index in [-0.39, 0.29) is 72.2 Å². The number of aliphatic hydroxyl groups excluding tert-OH is 2. The zero-order chi connectivity index (χ0) is 64.1. The third-order valence-corrected chi connectivity index (χ3v) is 17.5. The monoisotopic (exact) mass is 1240 g/mol. The van der Waals surface area contributed by atoms with E-state index in [2.05, 4.69) is 16.0 Å². The van der Waals surface area contributed by atoms with Crippen LogP contribution in [0.5, 0.6) is 0 Å². The molecule has 480 valence electrons. The highest BCUT2D eigenvalue weighted by atomic mass is 32.2. The molecule has 1 saturated heterocycles. The molecule has 3 amide bonds. The molecular formula is C62H85N3O21S. The lowest BCUT2D eigenvalue weighted by atomic mass is 9.44. The summed E-state index contributed by atoms with van der Waals surface area (Å²) in [4.78, 5) is 124. The maximum Gasteiger partial charge on any atom is 0.408 e. The van der Waals surface area contributed by atoms with Crippen molar-refractivity contribution < 1.29 is 101 Å². The van der Waals surface area contributed by atoms with Crippen LogP contribution in [-0.4, -0.2) is 193 Å². The molecule has 1 heterocycles. The minimum absolute atomic E-state index is 0.0219. The molecule has 24 nitrogen and oxygen atoms in total. The zero-order valence-corrected chi connectivity index (χ0v) is 52.0. The number of esters is 4. The Bertz CT molecular complexity index is 2810. The van der Waals surface area contributed by atoms with E-state index >= 15 is 9.59 Å². The third kappa shape index (κ3) is 16.7. The van der Waals surface area contributed by atoms with Crippen molar-refractivity contribution in [3.63, 3.8) is 0 Å². The number of fused-ring (bicyclic) bond motifs is 5. The standard InChI is InChI=1S/C62H85N3O21S/c1-36-42(32-62(77)54(84-55(74)40-21-15-12-16-22-40)52-60(9,53(73)50(72)48(36)59(62,7)8)43(68)31-44-61(52,35-81-44)85-38(3)67)82-56(75)51(49(39-19-13-11-14-20-39)65-57(76)86-58(4,5)6)83-47(71)34-87-33-46(70)64-41(37(2)66)23-17-18-25-63-45(69)24-26-79-29-30-80-28-27-78-10/h11-16,19-22,41-44,49-52,54,68,72,77H,17-18,23-35H2,1-10H3,(H,63,69)(H,64,70)(H,65,76)/t41?,42?,43-,44+,49-,50+,51?,52-,54-,60+,61-,62+/m0/s1. The molecule has 6 rings (SSSR count). The van der Waals surface area contributed by atoms with E-state index in [9.17, 15) is 48.9 Å². The first kappa shape index (κ1) is 69.8. The highest BCUT2D eigenvalue weighted by Gasteiger charge is 2.78. The Hall–Kier alpha value is -6.32. The second-order valence-electron chi connectivity index (χ2n) is 24.1. The number of Topliss-reactive ketones (excluding diaryl/α,β-unsaturated/α-hetero) is 2. The first-order chi connectivity index (χ1) is 41.0. The smallest absolute Gasteiger partial charge is 0.408 e. The van der Waals surface area contributed by atoms with Crippen LogP contribution in [0.25, 0.3) is 0 Å². The largest absolute Gasteiger partial charge is 0.455 e. The number of ketones is 2. The molecule has 3 aliphatic carbocycles. The predicted molar refractivity (Wildman–Crippen MR) is 312 cm³/mol. The van der Waals surface area contributed by atoms with Crippen LogP contribution in [0.2, 0.25) is 0 Å². The Morgan fingerprint density at radius 1 is 0.828 bits per heavy atom. The number of benzene rings is 2. The molecule has 0 spiro atoms. The Balaban J connectivity index is 1.25. The molecule has 0 radical (unpaired) electrons. The summed E-state index contributed by atoms with van der Waals surface area (Å²) in [6.07, 6.45) is -11.0. The first-order valence-electron chi connectivity index (χ1n) is 29.2. The van der Waals surface area contributed by atoms with Gasteiger partial charge in [-0.05, 0) is 89.6 Å². The zero-order valence-electron chi connectivity index (χ0n) is 51.2. The van der Waals surface area contributed by atoms with Crippen LogP contribution in [0.3, 0.4) is 0 Å². The number of unbranched alkanes of at least 4 members (excludes halogenated alkanes) is 1. The van der Waals surface area contributed by atoms with Gasteiger partial charge in [0.2, 0.25) is 17.9 Å². The van der Waals surface area contributed by atoms with Crippen LogP contribution in [0, 0.1) is 16.7 Å². The number of alkyl carbamates (subject to hydrolysis) is 1. The Morgan fingerprint density at radius 2 is 1.47 bits per heavy atom. The summed E-state index contributed by atoms with van der Waals surface area (Å²) in [6, 6.07) is 13.2. The molecule has 25 heteroatoms. The molecule has 2 aromatic rings. The molecule has 0 aromatic heterocycles. The van der Waals surface area contributed by atoms with Gasteiger partial charge in [0.25, 0.3) is 0 Å². The number of methoxy groups -OCH3 is 1. The molecule has 2 saturated carbocycles. The maximum absolute atomic E-state index is 15.3. The van der Waals surface area contributed by atoms with E-state index in [1.54, 1.807) is 64.3 Å². The number of aliphatic hydroxyl groups is 3. The van der Waals surface area contributed by atoms with Crippen molar-refractivity contribution in [1.29, 1.82) is 0 Å². The number of hydrogen-bond acceptors (Lipinski definition) is 22. The van der Waals surface area contributed by atoms with E-state index in [0.29, 0.717) is 45.8 Å². The SMILES string of the molecule is COCCOCCOCCC(=O)NCCCCC(NC(=O)CSCC(=O)OC(C(=O)OC1C[C@@]2(O)[C@@H](OC(=O)c3ccccc3)[C@@H]3[C@]4(OC(C)=O)CO[C@@H]4C[C@H](O)[C@@]3(C)C(=O)[C@H](O)C(=C1C)C2(C)C)[C@@H](NC(=O)OC(C)(C)C)c1ccccc1)C(C)=O. The first-order valence-corrected chi connectivity index (χ1v) is 30.3. The summed E-state index contributed by atoms with van der Waals surface area (Å²) in [5.41, 5.74) is -9.10. The fourth-order valence-electron chi connectivity index (χ4n) is 12.1. The number of nitrogens with one attached hydrogen (secondary N) is 3. The molecule has 3 unspecified atom stereocenters. The third-order valence-electron chi connectivity index (χ3n) is 16.6. The molecule has 3 fully saturated rings. The van der Waals surface area contributed by atoms with Crippen molar-refractivity contribution in [2.24, 2.45) is 16.7 Å². The van der Waals surface area contributed by atoms with E-state index < -0.39 is 136 Å². The summed E-state index contributed by atoms with van der Waals surface area (Å²) in [7, 11) is 1.58. The molecule has 12 atom stereocenters. The van der Waals surface area contributed by atoms with Gasteiger partial charge in [-0.3, -0.25) is 28.8 Å². The second kappa shape index (κ2) is 30.3. The predicted octanol–water partition coefficient (Wildman–Crippen LogP) is 3.97. The fourth-order valence-corrected chi connectivity index (χ4v) is 12.7. The van der Waals surface area contributed by atoms with Gasteiger partial charge in [0, 0.05) is 45.3 Å². The Morgan fingerprint density at radius 3 is 2.08 bits per heavy atom. The van der Waals surface area contributed by atoms with Gasteiger partial charge in [0.15, 0.2) is 17.2 Å². The number of amides is 3. The number of hydrogen-bond donors (Lipinski definition) is 6. The molecule has 4 aliphatic rings. The maximum atomic E-state index is 15.3. The van der Waals surface area contributed by atoms with Crippen LogP contribution in [0.4, 0.5) is 4.79 Å². The number of rotatable bonds is 29. The van der Waals surface area contributed by atoms with Crippen LogP contribution in [-0.2, 0) is 76.2 Å². The average Bonchev–Trinajstić information content (AvgIpc) is 0.680. The van der Waals surface area contributed by atoms with E-state index in [1.807, 2.05) is 0 Å². The van der Waals surface area contributed by atoms with Crippen molar-refractivity contribution in [2.45, 2.75) is 166 Å². The molecular weight excluding hydrogens is 1150 g/mol. The normalized spacial score (nSPS) is 26.5. The van der Waals surface area contributed by atoms with Crippen molar-refractivity contribution >= 4 is 65.1 Å². The minimum atomic E-state index is -2.50. The van der Waals surface area contributed by atoms with Gasteiger partial charge in [-0.2, -0.15) is 0 Å². The summed E-state index contributed by atoms with van der Waals surface area (Å²) in [5, 5.41) is 46.6. The second-order valence-corrected chi connectivity index (χ2v) is 25.1. The molecule has 2 aromatic carbocycles. The number of ether oxygens (including phenoxy) is 9. The van der Waals surface area contributed by atoms with Gasteiger partial charge < -0.3 is 73.9 Å². The lowest BCUT2D eigenvalue weighted by Gasteiger charge is -2.67. The lowest BCUT2D eigenvalue weighted by molar-refractivity contribution is -0.346. The van der Waals surface area contributed by atoms with E-state index in [0.717, 1.165) is 18.7 Å². The highest BCUT2D eigenvalue weighted by molar-refractivity contribution is 8.00.